The van der Waals surface area contributed by atoms with Gasteiger partial charge in [-0.3, -0.25) is 0 Å². The van der Waals surface area contributed by atoms with E-state index in [2.05, 4.69) is 0 Å². The van der Waals surface area contributed by atoms with Crippen LogP contribution in [0.3, 0.4) is 0 Å². The molecule has 3 aliphatic rings. The lowest BCUT2D eigenvalue weighted by Crippen LogP contribution is -2.66. The minimum Gasteiger partial charge on any atom is -0.508 e. The average molecular weight is 621 g/mol. The third-order valence-electron chi connectivity index (χ3n) is 7.59. The van der Waals surface area contributed by atoms with E-state index in [1.165, 1.54) is 19.1 Å². The third kappa shape index (κ3) is 7.70. The van der Waals surface area contributed by atoms with Gasteiger partial charge >= 0.3 is 0 Å². The first-order valence-electron chi connectivity index (χ1n) is 13.8. The van der Waals surface area contributed by atoms with E-state index < -0.39 is 105 Å². The molecule has 16 heteroatoms. The predicted molar refractivity (Wildman–Crippen MR) is 141 cm³/mol. The summed E-state index contributed by atoms with van der Waals surface area (Å²) in [7, 11) is 0. The Balaban J connectivity index is 1.38. The van der Waals surface area contributed by atoms with E-state index in [1.54, 1.807) is 24.3 Å². The van der Waals surface area contributed by atoms with Crippen LogP contribution in [0.15, 0.2) is 30.3 Å². The highest BCUT2D eigenvalue weighted by atomic mass is 16.8. The molecule has 3 aliphatic heterocycles. The van der Waals surface area contributed by atoms with E-state index in [1.807, 2.05) is 0 Å². The fraction of sp³-hybridized carbons (Fsp3) is 0.704. The van der Waals surface area contributed by atoms with E-state index in [-0.39, 0.29) is 12.4 Å². The molecule has 3 heterocycles. The van der Waals surface area contributed by atoms with Crippen molar-refractivity contribution >= 4 is 6.08 Å². The summed E-state index contributed by atoms with van der Waals surface area (Å²) >= 11 is 0. The van der Waals surface area contributed by atoms with E-state index in [9.17, 15) is 51.1 Å². The zero-order valence-corrected chi connectivity index (χ0v) is 23.2. The van der Waals surface area contributed by atoms with Gasteiger partial charge in [0, 0.05) is 0 Å². The van der Waals surface area contributed by atoms with Crippen LogP contribution in [0, 0.1) is 0 Å². The SMILES string of the molecule is CC1OC(OC2C(O)C(CO)OC(OCC=Cc3ccc(O)cc3)C2O)C(O)C(O)C1OC1OC(CO)C(O)C(O)C1O. The van der Waals surface area contributed by atoms with Crippen molar-refractivity contribution < 1.29 is 79.5 Å². The van der Waals surface area contributed by atoms with Crippen molar-refractivity contribution in [2.24, 2.45) is 0 Å². The molecule has 0 bridgehead atoms. The second kappa shape index (κ2) is 15.0. The Morgan fingerprint density at radius 3 is 1.86 bits per heavy atom. The number of rotatable bonds is 10. The lowest BCUT2D eigenvalue weighted by atomic mass is 9.96. The number of aromatic hydroxyl groups is 1. The molecule has 1 aromatic rings. The summed E-state index contributed by atoms with van der Waals surface area (Å²) in [6.45, 7) is 0.00435. The summed E-state index contributed by atoms with van der Waals surface area (Å²) in [5, 5.41) is 102. The molecule has 15 atom stereocenters. The van der Waals surface area contributed by atoms with Crippen LogP contribution in [0.1, 0.15) is 12.5 Å². The number of ether oxygens (including phenoxy) is 6. The molecule has 244 valence electrons. The summed E-state index contributed by atoms with van der Waals surface area (Å²) in [5.74, 6) is 0.109. The van der Waals surface area contributed by atoms with E-state index in [4.69, 9.17) is 28.4 Å². The number of hydrogen-bond donors (Lipinski definition) is 10. The number of phenolic OH excluding ortho intramolecular Hbond substituents is 1. The second-order valence-electron chi connectivity index (χ2n) is 10.6. The molecule has 0 saturated carbocycles. The molecule has 1 aromatic carbocycles. The minimum atomic E-state index is -1.83. The Hall–Kier alpha value is -1.84. The first-order chi connectivity index (χ1) is 20.5. The van der Waals surface area contributed by atoms with Crippen LogP contribution in [0.4, 0.5) is 0 Å². The lowest BCUT2D eigenvalue weighted by molar-refractivity contribution is -0.376. The molecule has 4 rings (SSSR count). The second-order valence-corrected chi connectivity index (χ2v) is 10.6. The molecule has 3 fully saturated rings. The smallest absolute Gasteiger partial charge is 0.187 e. The molecule has 3 saturated heterocycles. The van der Waals surface area contributed by atoms with Crippen molar-refractivity contribution in [1.82, 2.24) is 0 Å². The third-order valence-corrected chi connectivity index (χ3v) is 7.59. The highest BCUT2D eigenvalue weighted by Gasteiger charge is 2.52. The molecule has 43 heavy (non-hydrogen) atoms. The molecule has 0 spiro atoms. The molecule has 0 radical (unpaired) electrons. The van der Waals surface area contributed by atoms with Gasteiger partial charge in [-0.1, -0.05) is 24.3 Å². The van der Waals surface area contributed by atoms with Gasteiger partial charge < -0.3 is 79.5 Å². The van der Waals surface area contributed by atoms with Gasteiger partial charge in [-0.15, -0.1) is 0 Å². The Bertz CT molecular complexity index is 1020. The number of hydrogen-bond acceptors (Lipinski definition) is 16. The van der Waals surface area contributed by atoms with Gasteiger partial charge in [0.1, 0.15) is 72.9 Å². The molecule has 15 unspecified atom stereocenters. The van der Waals surface area contributed by atoms with Gasteiger partial charge in [-0.05, 0) is 24.6 Å². The van der Waals surface area contributed by atoms with E-state index in [0.29, 0.717) is 0 Å². The number of aliphatic hydroxyl groups is 9. The Morgan fingerprint density at radius 2 is 1.21 bits per heavy atom. The fourth-order valence-electron chi connectivity index (χ4n) is 5.07. The van der Waals surface area contributed by atoms with Crippen molar-refractivity contribution in [2.75, 3.05) is 19.8 Å². The maximum atomic E-state index is 10.9. The topological polar surface area (TPSA) is 258 Å². The molecule has 0 aliphatic carbocycles. The standard InChI is InChI=1S/C27H40O16/c1-11-23(42-27-20(35)18(33)16(31)14(9-28)41-27)19(34)21(36)26(39-11)43-24-17(32)15(10-29)40-25(22(24)37)38-8-2-3-12-4-6-13(30)7-5-12/h2-7,11,14-37H,8-10H2,1H3. The molecule has 0 amide bonds. The summed E-state index contributed by atoms with van der Waals surface area (Å²) in [5.41, 5.74) is 0.765. The largest absolute Gasteiger partial charge is 0.508 e. The summed E-state index contributed by atoms with van der Waals surface area (Å²) < 4.78 is 33.3. The predicted octanol–water partition coefficient (Wildman–Crippen LogP) is -4.10. The van der Waals surface area contributed by atoms with Crippen LogP contribution in [0.2, 0.25) is 0 Å². The van der Waals surface area contributed by atoms with Gasteiger partial charge in [0.05, 0.1) is 25.9 Å². The molecular formula is C27H40O16. The van der Waals surface area contributed by atoms with E-state index in [0.717, 1.165) is 5.56 Å². The summed E-state index contributed by atoms with van der Waals surface area (Å²) in [6.07, 6.45) is -19.7. The van der Waals surface area contributed by atoms with Crippen LogP contribution < -0.4 is 0 Å². The first-order valence-corrected chi connectivity index (χ1v) is 13.8. The maximum Gasteiger partial charge on any atom is 0.187 e. The molecule has 16 nitrogen and oxygen atoms in total. The van der Waals surface area contributed by atoms with Crippen molar-refractivity contribution in [3.8, 4) is 5.75 Å². The number of aliphatic hydroxyl groups excluding tert-OH is 9. The molecule has 0 aromatic heterocycles. The Labute approximate surface area is 246 Å². The van der Waals surface area contributed by atoms with Crippen molar-refractivity contribution in [3.63, 3.8) is 0 Å². The van der Waals surface area contributed by atoms with Gasteiger partial charge in [-0.25, -0.2) is 0 Å². The van der Waals surface area contributed by atoms with Crippen LogP contribution >= 0.6 is 0 Å². The number of phenols is 1. The highest BCUT2D eigenvalue weighted by molar-refractivity contribution is 5.50. The maximum absolute atomic E-state index is 10.9. The van der Waals surface area contributed by atoms with Crippen molar-refractivity contribution in [1.29, 1.82) is 0 Å². The minimum absolute atomic E-state index is 0.0567. The average Bonchev–Trinajstić information content (AvgIpc) is 2.99. The van der Waals surface area contributed by atoms with Crippen LogP contribution in [-0.2, 0) is 28.4 Å². The van der Waals surface area contributed by atoms with Gasteiger partial charge in [0.15, 0.2) is 18.9 Å². The quantitative estimate of drug-likeness (QED) is 0.119. The van der Waals surface area contributed by atoms with Crippen molar-refractivity contribution in [2.45, 2.75) is 99.0 Å². The molecular weight excluding hydrogens is 580 g/mol. The number of benzene rings is 1. The zero-order chi connectivity index (χ0) is 31.4. The van der Waals surface area contributed by atoms with Crippen LogP contribution in [-0.4, -0.2) is 163 Å². The normalized spacial score (nSPS) is 44.1. The Morgan fingerprint density at radius 1 is 0.651 bits per heavy atom. The Kier molecular flexibility index (Phi) is 11.8. The van der Waals surface area contributed by atoms with Crippen molar-refractivity contribution in [3.05, 3.63) is 35.9 Å². The summed E-state index contributed by atoms with van der Waals surface area (Å²) in [4.78, 5) is 0. The van der Waals surface area contributed by atoms with Gasteiger partial charge in [0.2, 0.25) is 0 Å². The van der Waals surface area contributed by atoms with Crippen LogP contribution in [0.25, 0.3) is 6.08 Å². The summed E-state index contributed by atoms with van der Waals surface area (Å²) in [6, 6.07) is 6.36. The monoisotopic (exact) mass is 620 g/mol. The highest BCUT2D eigenvalue weighted by Crippen LogP contribution is 2.32. The van der Waals surface area contributed by atoms with Gasteiger partial charge in [0.25, 0.3) is 0 Å². The first kappa shape index (κ1) is 34.0. The molecule has 10 N–H and O–H groups in total. The van der Waals surface area contributed by atoms with Crippen LogP contribution in [0.5, 0.6) is 5.75 Å². The zero-order valence-electron chi connectivity index (χ0n) is 23.2. The van der Waals surface area contributed by atoms with E-state index >= 15 is 0 Å². The lowest BCUT2D eigenvalue weighted by Gasteiger charge is -2.47. The fourth-order valence-corrected chi connectivity index (χ4v) is 5.07. The van der Waals surface area contributed by atoms with Gasteiger partial charge in [-0.2, -0.15) is 0 Å².